The van der Waals surface area contributed by atoms with Crippen molar-refractivity contribution in [3.05, 3.63) is 82.8 Å². The summed E-state index contributed by atoms with van der Waals surface area (Å²) in [6, 6.07) is 4.28. The Kier molecular flexibility index (Phi) is 8.41. The van der Waals surface area contributed by atoms with Crippen LogP contribution in [0.15, 0.2) is 48.5 Å². The topological polar surface area (TPSA) is 88.9 Å². The Morgan fingerprint density at radius 1 is 1.00 bits per heavy atom. The zero-order valence-corrected chi connectivity index (χ0v) is 21.9. The fourth-order valence-electron chi connectivity index (χ4n) is 4.85. The summed E-state index contributed by atoms with van der Waals surface area (Å²) in [5.74, 6) is -5.09. The number of benzene rings is 2. The van der Waals surface area contributed by atoms with Crippen LogP contribution in [0.5, 0.6) is 5.88 Å². The Labute approximate surface area is 235 Å². The second-order valence-electron chi connectivity index (χ2n) is 9.61. The summed E-state index contributed by atoms with van der Waals surface area (Å²) in [7, 11) is 0. The van der Waals surface area contributed by atoms with Crippen molar-refractivity contribution in [3.63, 3.8) is 0 Å². The van der Waals surface area contributed by atoms with Gasteiger partial charge in [0, 0.05) is 26.2 Å². The fourth-order valence-corrected chi connectivity index (χ4v) is 4.85. The molecule has 224 valence electrons. The zero-order valence-electron chi connectivity index (χ0n) is 21.9. The third kappa shape index (κ3) is 5.92. The van der Waals surface area contributed by atoms with Crippen LogP contribution in [-0.2, 0) is 11.3 Å². The predicted octanol–water partition coefficient (Wildman–Crippen LogP) is 3.90. The van der Waals surface area contributed by atoms with Gasteiger partial charge < -0.3 is 24.6 Å². The van der Waals surface area contributed by atoms with Crippen molar-refractivity contribution in [2.45, 2.75) is 24.9 Å². The number of aromatic nitrogens is 2. The summed E-state index contributed by atoms with van der Waals surface area (Å²) < 4.78 is 98.1. The quantitative estimate of drug-likeness (QED) is 0.449. The van der Waals surface area contributed by atoms with Gasteiger partial charge in [-0.05, 0) is 29.8 Å². The van der Waals surface area contributed by atoms with Crippen molar-refractivity contribution < 1.29 is 45.4 Å². The summed E-state index contributed by atoms with van der Waals surface area (Å²) in [5.41, 5.74) is -1.11. The first-order valence-electron chi connectivity index (χ1n) is 12.9. The number of rotatable bonds is 5. The van der Waals surface area contributed by atoms with Gasteiger partial charge in [-0.1, -0.05) is 24.3 Å². The molecule has 0 radical (unpaired) electrons. The van der Waals surface area contributed by atoms with Gasteiger partial charge in [0.1, 0.15) is 36.0 Å². The van der Waals surface area contributed by atoms with Gasteiger partial charge in [-0.15, -0.1) is 0 Å². The first kappa shape index (κ1) is 29.4. The Bertz CT molecular complexity index is 1440. The molecule has 3 aromatic rings. The van der Waals surface area contributed by atoms with E-state index >= 15 is 4.39 Å². The molecule has 0 saturated carbocycles. The highest BCUT2D eigenvalue weighted by Gasteiger charge is 2.53. The van der Waals surface area contributed by atoms with E-state index in [4.69, 9.17) is 9.47 Å². The molecule has 2 aromatic carbocycles. The van der Waals surface area contributed by atoms with E-state index in [9.17, 15) is 31.5 Å². The van der Waals surface area contributed by atoms with Crippen LogP contribution in [0.2, 0.25) is 0 Å². The van der Waals surface area contributed by atoms with Crippen LogP contribution in [-0.4, -0.2) is 83.1 Å². The smallest absolute Gasteiger partial charge is 0.406 e. The lowest BCUT2D eigenvalue weighted by molar-refractivity contribution is -0.176. The number of ether oxygens (including phenoxy) is 2. The van der Waals surface area contributed by atoms with E-state index in [1.54, 1.807) is 0 Å². The van der Waals surface area contributed by atoms with Crippen LogP contribution in [0.3, 0.4) is 0 Å². The highest BCUT2D eigenvalue weighted by atomic mass is 19.4. The lowest BCUT2D eigenvalue weighted by Gasteiger charge is -2.43. The van der Waals surface area contributed by atoms with Crippen molar-refractivity contribution in [2.24, 2.45) is 0 Å². The Morgan fingerprint density at radius 2 is 1.69 bits per heavy atom. The number of amides is 2. The van der Waals surface area contributed by atoms with Crippen LogP contribution < -0.4 is 10.1 Å². The average Bonchev–Trinajstić information content (AvgIpc) is 3.31. The third-order valence-electron chi connectivity index (χ3n) is 6.93. The van der Waals surface area contributed by atoms with E-state index in [-0.39, 0.29) is 39.4 Å². The molecular weight excluding hydrogens is 572 g/mol. The molecule has 0 spiro atoms. The number of halogens is 6. The monoisotopic (exact) mass is 597 g/mol. The van der Waals surface area contributed by atoms with Gasteiger partial charge in [0.15, 0.2) is 0 Å². The second-order valence-corrected chi connectivity index (χ2v) is 9.61. The lowest BCUT2D eigenvalue weighted by Crippen LogP contribution is -2.62. The van der Waals surface area contributed by atoms with Gasteiger partial charge in [-0.25, -0.2) is 13.6 Å². The fraction of sp³-hybridized carbons (Fsp3) is 0.370. The van der Waals surface area contributed by atoms with E-state index in [2.05, 4.69) is 10.4 Å². The highest BCUT2D eigenvalue weighted by molar-refractivity contribution is 5.96. The molecular formula is C27H25F6N5O4. The van der Waals surface area contributed by atoms with E-state index in [1.807, 2.05) is 0 Å². The Balaban J connectivity index is 1.60. The molecule has 2 unspecified atom stereocenters. The molecule has 3 heterocycles. The van der Waals surface area contributed by atoms with Crippen molar-refractivity contribution in [3.8, 4) is 5.88 Å². The Morgan fingerprint density at radius 3 is 2.36 bits per heavy atom. The number of morpholine rings is 1. The molecule has 2 fully saturated rings. The molecule has 2 atom stereocenters. The molecule has 0 aliphatic carbocycles. The number of hydrogen-bond donors (Lipinski definition) is 1. The van der Waals surface area contributed by atoms with Crippen molar-refractivity contribution in [2.75, 3.05) is 39.4 Å². The number of carbonyl (C=O) groups excluding carboxylic acids is 2. The molecule has 5 rings (SSSR count). The van der Waals surface area contributed by atoms with Gasteiger partial charge in [-0.3, -0.25) is 4.79 Å². The first-order chi connectivity index (χ1) is 20.1. The second kappa shape index (κ2) is 12.0. The molecule has 9 nitrogen and oxygen atoms in total. The van der Waals surface area contributed by atoms with Crippen molar-refractivity contribution >= 4 is 11.9 Å². The predicted molar refractivity (Wildman–Crippen MR) is 134 cm³/mol. The van der Waals surface area contributed by atoms with Gasteiger partial charge in [-0.2, -0.15) is 27.3 Å². The van der Waals surface area contributed by atoms with Crippen LogP contribution in [0.1, 0.15) is 27.7 Å². The van der Waals surface area contributed by atoms with Crippen molar-refractivity contribution in [1.29, 1.82) is 0 Å². The van der Waals surface area contributed by atoms with E-state index in [1.165, 1.54) is 29.2 Å². The summed E-state index contributed by atoms with van der Waals surface area (Å²) in [6.45, 7) is -0.343. The summed E-state index contributed by atoms with van der Waals surface area (Å²) >= 11 is 0. The maximum Gasteiger partial charge on any atom is 0.406 e. The minimum atomic E-state index is -4.96. The van der Waals surface area contributed by atoms with Gasteiger partial charge in [0.25, 0.3) is 11.8 Å². The number of carbonyl (C=O) groups is 2. The molecule has 2 saturated heterocycles. The number of nitrogens with zero attached hydrogens (tertiary/aromatic N) is 4. The van der Waals surface area contributed by atoms with Crippen LogP contribution in [0, 0.1) is 17.5 Å². The van der Waals surface area contributed by atoms with E-state index in [0.717, 1.165) is 29.2 Å². The molecule has 15 heteroatoms. The maximum atomic E-state index is 16.2. The number of hydrogen-bond acceptors (Lipinski definition) is 6. The molecule has 2 amide bonds. The number of alkyl halides is 3. The standard InChI is InChI=1S/C27H25F6N5O4/c28-17-7-5-16(6-8-17)15-42-25-20(30)21(35-38(25)24(39)18-3-1-2-4-19(18)29)22-23(27(31,32)33)34-9-10-37(22)26(40)36-11-13-41-14-12-36/h1-8,22-23,34H,9-15H2. The number of urea groups is 1. The lowest BCUT2D eigenvalue weighted by atomic mass is 9.99. The molecule has 1 aromatic heterocycles. The summed E-state index contributed by atoms with van der Waals surface area (Å²) in [5, 5.41) is 6.17. The minimum Gasteiger partial charge on any atom is -0.471 e. The first-order valence-corrected chi connectivity index (χ1v) is 12.9. The largest absolute Gasteiger partial charge is 0.471 e. The minimum absolute atomic E-state index is 0.112. The maximum absolute atomic E-state index is 16.2. The van der Waals surface area contributed by atoms with Crippen LogP contribution in [0.4, 0.5) is 31.1 Å². The molecule has 42 heavy (non-hydrogen) atoms. The van der Waals surface area contributed by atoms with Gasteiger partial charge in [0.05, 0.1) is 18.8 Å². The number of nitrogens with one attached hydrogen (secondary N) is 1. The summed E-state index contributed by atoms with van der Waals surface area (Å²) in [4.78, 5) is 28.9. The van der Waals surface area contributed by atoms with Crippen molar-refractivity contribution in [1.82, 2.24) is 24.9 Å². The molecule has 2 aliphatic rings. The third-order valence-corrected chi connectivity index (χ3v) is 6.93. The van der Waals surface area contributed by atoms with E-state index < -0.39 is 71.4 Å². The van der Waals surface area contributed by atoms with Gasteiger partial charge >= 0.3 is 12.2 Å². The summed E-state index contributed by atoms with van der Waals surface area (Å²) in [6.07, 6.45) is -4.96. The molecule has 2 aliphatic heterocycles. The van der Waals surface area contributed by atoms with E-state index in [0.29, 0.717) is 10.2 Å². The van der Waals surface area contributed by atoms with Crippen LogP contribution in [0.25, 0.3) is 0 Å². The highest BCUT2D eigenvalue weighted by Crippen LogP contribution is 2.39. The molecule has 0 bridgehead atoms. The van der Waals surface area contributed by atoms with Crippen LogP contribution >= 0.6 is 0 Å². The molecule has 1 N–H and O–H groups in total. The normalized spacial score (nSPS) is 19.6. The SMILES string of the molecule is O=C(N1CCOCC1)N1CCNC(C(F)(F)F)C1c1nn(C(=O)c2ccccc2F)c(OCc2ccc(F)cc2)c1F. The zero-order chi connectivity index (χ0) is 30.0. The number of piperazine rings is 1. The Hall–Kier alpha value is -4.11. The van der Waals surface area contributed by atoms with Gasteiger partial charge in [0.2, 0.25) is 5.82 Å². The average molecular weight is 598 g/mol.